The van der Waals surface area contributed by atoms with Gasteiger partial charge in [0, 0.05) is 17.0 Å². The normalized spacial score (nSPS) is 20.9. The fraction of sp³-hybridized carbons (Fsp3) is 0.462. The topological polar surface area (TPSA) is 80.3 Å². The molecule has 1 fully saturated rings. The fourth-order valence-electron chi connectivity index (χ4n) is 5.54. The molecule has 2 heterocycles. The van der Waals surface area contributed by atoms with Gasteiger partial charge in [-0.05, 0) is 43.9 Å². The first kappa shape index (κ1) is 21.6. The molecule has 7 nitrogen and oxygen atoms in total. The Labute approximate surface area is 192 Å². The predicted octanol–water partition coefficient (Wildman–Crippen LogP) is 4.82. The van der Waals surface area contributed by atoms with Crippen LogP contribution in [0.25, 0.3) is 0 Å². The maximum atomic E-state index is 13.2. The number of fused-ring (bicyclic) bond motifs is 3. The van der Waals surface area contributed by atoms with Gasteiger partial charge in [0.2, 0.25) is 5.75 Å². The Morgan fingerprint density at radius 3 is 2.36 bits per heavy atom. The monoisotopic (exact) mass is 452 g/mol. The highest BCUT2D eigenvalue weighted by Gasteiger charge is 2.45. The zero-order valence-electron chi connectivity index (χ0n) is 19.2. The molecule has 2 aliphatic heterocycles. The molecule has 5 rings (SSSR count). The van der Waals surface area contributed by atoms with Crippen LogP contribution in [-0.2, 0) is 4.79 Å². The summed E-state index contributed by atoms with van der Waals surface area (Å²) < 4.78 is 29.0. The third kappa shape index (κ3) is 3.50. The van der Waals surface area contributed by atoms with E-state index >= 15 is 0 Å². The number of rotatable bonds is 4. The van der Waals surface area contributed by atoms with E-state index in [0.717, 1.165) is 43.2 Å². The average Bonchev–Trinajstić information content (AvgIpc) is 2.82. The van der Waals surface area contributed by atoms with Crippen LogP contribution in [0.15, 0.2) is 24.3 Å². The summed E-state index contributed by atoms with van der Waals surface area (Å²) in [6.45, 7) is 0. The molecule has 174 valence electrons. The first-order valence-corrected chi connectivity index (χ1v) is 11.4. The van der Waals surface area contributed by atoms with Gasteiger partial charge in [0.15, 0.2) is 17.3 Å². The molecule has 0 radical (unpaired) electrons. The van der Waals surface area contributed by atoms with Crippen LogP contribution in [0.1, 0.15) is 72.3 Å². The summed E-state index contributed by atoms with van der Waals surface area (Å²) in [5.74, 6) is 1.73. The molecule has 0 amide bonds. The van der Waals surface area contributed by atoms with E-state index in [1.165, 1.54) is 0 Å². The minimum atomic E-state index is -0.481. The van der Waals surface area contributed by atoms with E-state index in [0.29, 0.717) is 40.7 Å². The maximum Gasteiger partial charge on any atom is 0.312 e. The van der Waals surface area contributed by atoms with Crippen molar-refractivity contribution in [2.45, 2.75) is 56.5 Å². The number of Topliss-reactive ketones (excluding diaryl/α,β-unsaturated/α-hetero) is 1. The Balaban J connectivity index is 1.70. The van der Waals surface area contributed by atoms with Gasteiger partial charge in [0.05, 0.1) is 39.7 Å². The van der Waals surface area contributed by atoms with E-state index in [1.54, 1.807) is 39.5 Å². The fourth-order valence-corrected chi connectivity index (χ4v) is 5.54. The second kappa shape index (κ2) is 8.28. The minimum Gasteiger partial charge on any atom is -0.493 e. The van der Waals surface area contributed by atoms with Crippen LogP contribution < -0.4 is 23.7 Å². The van der Waals surface area contributed by atoms with Crippen molar-refractivity contribution >= 4 is 11.8 Å². The summed E-state index contributed by atoms with van der Waals surface area (Å²) in [5.41, 5.74) is 1.54. The predicted molar refractivity (Wildman–Crippen MR) is 120 cm³/mol. The lowest BCUT2D eigenvalue weighted by atomic mass is 9.76. The third-order valence-electron chi connectivity index (χ3n) is 7.08. The molecule has 0 unspecified atom stereocenters. The average molecular weight is 453 g/mol. The van der Waals surface area contributed by atoms with E-state index < -0.39 is 11.5 Å². The summed E-state index contributed by atoms with van der Waals surface area (Å²) in [5, 5.41) is 0. The SMILES string of the molecule is COc1ccc([C@@H]2CC(=O)Oc3ccc4c(c32)OC2(CCCCC2)CC4=O)c(OC)c1OC. The molecule has 3 aliphatic rings. The van der Waals surface area contributed by atoms with Crippen molar-refractivity contribution < 1.29 is 33.3 Å². The molecule has 1 saturated carbocycles. The molecule has 2 aromatic carbocycles. The molecular weight excluding hydrogens is 424 g/mol. The van der Waals surface area contributed by atoms with Gasteiger partial charge in [0.25, 0.3) is 0 Å². The summed E-state index contributed by atoms with van der Waals surface area (Å²) >= 11 is 0. The molecular formula is C26H28O7. The van der Waals surface area contributed by atoms with E-state index in [4.69, 9.17) is 23.7 Å². The Hall–Kier alpha value is -3.22. The molecule has 1 aliphatic carbocycles. The second-order valence-electron chi connectivity index (χ2n) is 8.95. The van der Waals surface area contributed by atoms with Crippen molar-refractivity contribution in [3.8, 4) is 28.7 Å². The second-order valence-corrected chi connectivity index (χ2v) is 8.95. The summed E-state index contributed by atoms with van der Waals surface area (Å²) in [6, 6.07) is 7.08. The number of esters is 1. The van der Waals surface area contributed by atoms with Crippen LogP contribution in [0.3, 0.4) is 0 Å². The molecule has 1 spiro atoms. The molecule has 2 aromatic rings. The van der Waals surface area contributed by atoms with E-state index in [-0.39, 0.29) is 18.2 Å². The van der Waals surface area contributed by atoms with E-state index in [9.17, 15) is 9.59 Å². The highest BCUT2D eigenvalue weighted by molar-refractivity contribution is 6.01. The molecule has 7 heteroatoms. The van der Waals surface area contributed by atoms with Gasteiger partial charge in [-0.2, -0.15) is 0 Å². The highest BCUT2D eigenvalue weighted by Crippen LogP contribution is 2.54. The van der Waals surface area contributed by atoms with Crippen molar-refractivity contribution in [1.29, 1.82) is 0 Å². The smallest absolute Gasteiger partial charge is 0.312 e. The Bertz CT molecular complexity index is 1110. The van der Waals surface area contributed by atoms with E-state index in [2.05, 4.69) is 0 Å². The lowest BCUT2D eigenvalue weighted by Gasteiger charge is -2.42. The largest absolute Gasteiger partial charge is 0.493 e. The summed E-state index contributed by atoms with van der Waals surface area (Å²) in [7, 11) is 4.66. The molecule has 0 bridgehead atoms. The van der Waals surface area contributed by atoms with Crippen LogP contribution >= 0.6 is 0 Å². The molecule has 33 heavy (non-hydrogen) atoms. The summed E-state index contributed by atoms with van der Waals surface area (Å²) in [4.78, 5) is 25.8. The zero-order valence-corrected chi connectivity index (χ0v) is 19.2. The van der Waals surface area contributed by atoms with Gasteiger partial charge in [-0.25, -0.2) is 0 Å². The van der Waals surface area contributed by atoms with Crippen LogP contribution in [0, 0.1) is 0 Å². The molecule has 0 aromatic heterocycles. The van der Waals surface area contributed by atoms with Crippen molar-refractivity contribution in [2.75, 3.05) is 21.3 Å². The van der Waals surface area contributed by atoms with Gasteiger partial charge in [-0.3, -0.25) is 9.59 Å². The number of methoxy groups -OCH3 is 3. The van der Waals surface area contributed by atoms with Gasteiger partial charge < -0.3 is 23.7 Å². The number of hydrogen-bond acceptors (Lipinski definition) is 7. The first-order valence-electron chi connectivity index (χ1n) is 11.4. The highest BCUT2D eigenvalue weighted by atomic mass is 16.5. The quantitative estimate of drug-likeness (QED) is 0.486. The lowest BCUT2D eigenvalue weighted by Crippen LogP contribution is -2.44. The Kier molecular flexibility index (Phi) is 5.43. The zero-order chi connectivity index (χ0) is 23.2. The van der Waals surface area contributed by atoms with Crippen LogP contribution in [-0.4, -0.2) is 38.7 Å². The van der Waals surface area contributed by atoms with Gasteiger partial charge in [-0.1, -0.05) is 12.5 Å². The van der Waals surface area contributed by atoms with Crippen molar-refractivity contribution in [3.63, 3.8) is 0 Å². The number of carbonyl (C=O) groups excluding carboxylic acids is 2. The Morgan fingerprint density at radius 1 is 0.909 bits per heavy atom. The molecule has 0 N–H and O–H groups in total. The number of ketones is 1. The maximum absolute atomic E-state index is 13.2. The minimum absolute atomic E-state index is 0.0795. The van der Waals surface area contributed by atoms with Crippen LogP contribution in [0.2, 0.25) is 0 Å². The lowest BCUT2D eigenvalue weighted by molar-refractivity contribution is -0.135. The van der Waals surface area contributed by atoms with Gasteiger partial charge >= 0.3 is 5.97 Å². The van der Waals surface area contributed by atoms with Gasteiger partial charge in [-0.15, -0.1) is 0 Å². The van der Waals surface area contributed by atoms with Crippen molar-refractivity contribution in [3.05, 3.63) is 41.0 Å². The number of carbonyl (C=O) groups is 2. The summed E-state index contributed by atoms with van der Waals surface area (Å²) in [6.07, 6.45) is 5.43. The number of benzene rings is 2. The molecule has 0 saturated heterocycles. The number of ether oxygens (including phenoxy) is 5. The van der Waals surface area contributed by atoms with E-state index in [1.807, 2.05) is 6.07 Å². The molecule has 1 atom stereocenters. The standard InChI is InChI=1S/C26H28O7/c1-29-20-10-7-15(24(30-2)25(20)31-3)17-13-21(28)32-19-9-8-16-18(27)14-26(11-5-4-6-12-26)33-23(16)22(17)19/h7-10,17H,4-6,11-14H2,1-3H3/t17-/m0/s1. The van der Waals surface area contributed by atoms with Crippen LogP contribution in [0.5, 0.6) is 28.7 Å². The Morgan fingerprint density at radius 2 is 1.67 bits per heavy atom. The van der Waals surface area contributed by atoms with Gasteiger partial charge in [0.1, 0.15) is 17.1 Å². The van der Waals surface area contributed by atoms with Crippen molar-refractivity contribution in [2.24, 2.45) is 0 Å². The first-order chi connectivity index (χ1) is 16.0. The van der Waals surface area contributed by atoms with Crippen LogP contribution in [0.4, 0.5) is 0 Å². The van der Waals surface area contributed by atoms with Crippen molar-refractivity contribution in [1.82, 2.24) is 0 Å². The third-order valence-corrected chi connectivity index (χ3v) is 7.08. The number of hydrogen-bond donors (Lipinski definition) is 0.